The molecule has 0 saturated carbocycles. The minimum Gasteiger partial charge on any atom is -0.353 e. The lowest BCUT2D eigenvalue weighted by molar-refractivity contribution is -0.141. The van der Waals surface area contributed by atoms with Gasteiger partial charge in [0.25, 0.3) is 0 Å². The zero-order valence-electron chi connectivity index (χ0n) is 12.7. The summed E-state index contributed by atoms with van der Waals surface area (Å²) in [6.45, 7) is 2.14. The molecule has 0 bridgehead atoms. The van der Waals surface area contributed by atoms with Crippen molar-refractivity contribution in [3.63, 3.8) is 0 Å². The van der Waals surface area contributed by atoms with E-state index in [9.17, 15) is 13.2 Å². The molecule has 1 fully saturated rings. The molecule has 3 rings (SSSR count). The minimum absolute atomic E-state index is 0.0907. The van der Waals surface area contributed by atoms with Crippen molar-refractivity contribution in [1.29, 1.82) is 5.26 Å². The minimum atomic E-state index is -4.53. The molecular formula is C16H14F3N5. The second kappa shape index (κ2) is 6.35. The number of rotatable bonds is 2. The molecule has 24 heavy (non-hydrogen) atoms. The van der Waals surface area contributed by atoms with Gasteiger partial charge in [-0.1, -0.05) is 6.07 Å². The van der Waals surface area contributed by atoms with Crippen LogP contribution in [-0.4, -0.2) is 36.1 Å². The summed E-state index contributed by atoms with van der Waals surface area (Å²) in [4.78, 5) is 11.7. The predicted molar refractivity (Wildman–Crippen MR) is 82.6 cm³/mol. The van der Waals surface area contributed by atoms with Crippen molar-refractivity contribution < 1.29 is 13.2 Å². The zero-order chi connectivity index (χ0) is 17.2. The molecule has 0 amide bonds. The molecule has 8 heteroatoms. The zero-order valence-corrected chi connectivity index (χ0v) is 12.7. The van der Waals surface area contributed by atoms with Crippen LogP contribution in [0.2, 0.25) is 0 Å². The Kier molecular flexibility index (Phi) is 4.25. The van der Waals surface area contributed by atoms with Crippen LogP contribution >= 0.6 is 0 Å². The van der Waals surface area contributed by atoms with E-state index in [2.05, 4.69) is 14.9 Å². The maximum atomic E-state index is 12.9. The van der Waals surface area contributed by atoms with Gasteiger partial charge in [-0.3, -0.25) is 0 Å². The summed E-state index contributed by atoms with van der Waals surface area (Å²) in [6.07, 6.45) is -2.83. The van der Waals surface area contributed by atoms with Gasteiger partial charge in [-0.05, 0) is 24.3 Å². The van der Waals surface area contributed by atoms with E-state index in [1.54, 1.807) is 11.1 Å². The number of hydrogen-bond donors (Lipinski definition) is 0. The molecule has 0 N–H and O–H groups in total. The fourth-order valence-corrected chi connectivity index (χ4v) is 2.62. The molecule has 1 aliphatic rings. The van der Waals surface area contributed by atoms with Crippen molar-refractivity contribution >= 4 is 11.6 Å². The van der Waals surface area contributed by atoms with Crippen molar-refractivity contribution in [2.75, 3.05) is 36.0 Å². The number of nitrogens with zero attached hydrogens (tertiary/aromatic N) is 5. The maximum absolute atomic E-state index is 12.9. The molecule has 3 heterocycles. The Morgan fingerprint density at radius 1 is 1.00 bits per heavy atom. The van der Waals surface area contributed by atoms with E-state index in [1.165, 1.54) is 6.07 Å². The average molecular weight is 333 g/mol. The standard InChI is InChI=1S/C16H14F3N5/c17-16(18,19)13-5-4-12(11-20)15(22-13)24-9-7-23(8-10-24)14-3-1-2-6-21-14/h1-6H,7-10H2. The summed E-state index contributed by atoms with van der Waals surface area (Å²) in [7, 11) is 0. The Labute approximate surface area is 137 Å². The van der Waals surface area contributed by atoms with Gasteiger partial charge in [-0.2, -0.15) is 18.4 Å². The van der Waals surface area contributed by atoms with Gasteiger partial charge in [-0.25, -0.2) is 9.97 Å². The third-order valence-electron chi connectivity index (χ3n) is 3.84. The smallest absolute Gasteiger partial charge is 0.353 e. The number of piperazine rings is 1. The van der Waals surface area contributed by atoms with Crippen molar-refractivity contribution in [2.24, 2.45) is 0 Å². The van der Waals surface area contributed by atoms with Gasteiger partial charge in [0.15, 0.2) is 0 Å². The molecule has 0 radical (unpaired) electrons. The number of hydrogen-bond acceptors (Lipinski definition) is 5. The van der Waals surface area contributed by atoms with E-state index < -0.39 is 11.9 Å². The molecular weight excluding hydrogens is 319 g/mol. The molecule has 1 saturated heterocycles. The SMILES string of the molecule is N#Cc1ccc(C(F)(F)F)nc1N1CCN(c2ccccn2)CC1. The van der Waals surface area contributed by atoms with Crippen LogP contribution in [0, 0.1) is 11.3 Å². The lowest BCUT2D eigenvalue weighted by atomic mass is 10.2. The number of alkyl halides is 3. The first kappa shape index (κ1) is 16.1. The summed E-state index contributed by atoms with van der Waals surface area (Å²) in [6, 6.07) is 9.53. The quantitative estimate of drug-likeness (QED) is 0.846. The first-order valence-electron chi connectivity index (χ1n) is 7.38. The summed E-state index contributed by atoms with van der Waals surface area (Å²) in [5.74, 6) is 0.919. The van der Waals surface area contributed by atoms with Gasteiger partial charge < -0.3 is 9.80 Å². The largest absolute Gasteiger partial charge is 0.433 e. The Morgan fingerprint density at radius 2 is 1.71 bits per heavy atom. The normalized spacial score (nSPS) is 15.2. The molecule has 0 atom stereocenters. The van der Waals surface area contributed by atoms with E-state index in [-0.39, 0.29) is 11.4 Å². The maximum Gasteiger partial charge on any atom is 0.433 e. The lowest BCUT2D eigenvalue weighted by Crippen LogP contribution is -2.47. The van der Waals surface area contributed by atoms with Gasteiger partial charge in [0.1, 0.15) is 23.4 Å². The van der Waals surface area contributed by atoms with Crippen molar-refractivity contribution in [3.8, 4) is 6.07 Å². The van der Waals surface area contributed by atoms with Crippen molar-refractivity contribution in [1.82, 2.24) is 9.97 Å². The Bertz CT molecular complexity index is 747. The van der Waals surface area contributed by atoms with Crippen LogP contribution in [-0.2, 0) is 6.18 Å². The highest BCUT2D eigenvalue weighted by Gasteiger charge is 2.34. The van der Waals surface area contributed by atoms with Gasteiger partial charge in [0.2, 0.25) is 0 Å². The van der Waals surface area contributed by atoms with Crippen LogP contribution in [0.25, 0.3) is 0 Å². The Balaban J connectivity index is 1.80. The molecule has 0 unspecified atom stereocenters. The number of nitriles is 1. The highest BCUT2D eigenvalue weighted by molar-refractivity contribution is 5.56. The molecule has 2 aromatic rings. The first-order chi connectivity index (χ1) is 11.5. The monoisotopic (exact) mass is 333 g/mol. The van der Waals surface area contributed by atoms with Crippen LogP contribution in [0.15, 0.2) is 36.5 Å². The molecule has 0 aliphatic carbocycles. The first-order valence-corrected chi connectivity index (χ1v) is 7.38. The van der Waals surface area contributed by atoms with E-state index in [0.717, 1.165) is 11.9 Å². The Morgan fingerprint density at radius 3 is 2.29 bits per heavy atom. The molecule has 0 spiro atoms. The number of pyridine rings is 2. The third kappa shape index (κ3) is 3.25. The average Bonchev–Trinajstić information content (AvgIpc) is 2.61. The van der Waals surface area contributed by atoms with Crippen molar-refractivity contribution in [3.05, 3.63) is 47.8 Å². The van der Waals surface area contributed by atoms with Crippen LogP contribution in [0.1, 0.15) is 11.3 Å². The number of aromatic nitrogens is 2. The van der Waals surface area contributed by atoms with Crippen LogP contribution in [0.4, 0.5) is 24.8 Å². The summed E-state index contributed by atoms with van der Waals surface area (Å²) in [5, 5.41) is 9.15. The summed E-state index contributed by atoms with van der Waals surface area (Å²) in [5.41, 5.74) is -0.835. The van der Waals surface area contributed by atoms with Crippen LogP contribution in [0.5, 0.6) is 0 Å². The summed E-state index contributed by atoms with van der Waals surface area (Å²) >= 11 is 0. The van der Waals surface area contributed by atoms with Crippen LogP contribution in [0.3, 0.4) is 0 Å². The third-order valence-corrected chi connectivity index (χ3v) is 3.84. The molecule has 1 aliphatic heterocycles. The second-order valence-corrected chi connectivity index (χ2v) is 5.34. The van der Waals surface area contributed by atoms with Gasteiger partial charge in [0.05, 0.1) is 5.56 Å². The Hall–Kier alpha value is -2.82. The molecule has 2 aromatic heterocycles. The fourth-order valence-electron chi connectivity index (χ4n) is 2.62. The molecule has 0 aromatic carbocycles. The summed E-state index contributed by atoms with van der Waals surface area (Å²) < 4.78 is 38.6. The second-order valence-electron chi connectivity index (χ2n) is 5.34. The van der Waals surface area contributed by atoms with Gasteiger partial charge >= 0.3 is 6.18 Å². The van der Waals surface area contributed by atoms with Gasteiger partial charge in [0, 0.05) is 32.4 Å². The molecule has 5 nitrogen and oxygen atoms in total. The van der Waals surface area contributed by atoms with Crippen LogP contribution < -0.4 is 9.80 Å². The van der Waals surface area contributed by atoms with E-state index >= 15 is 0 Å². The predicted octanol–water partition coefficient (Wildman–Crippen LogP) is 2.69. The highest BCUT2D eigenvalue weighted by Crippen LogP contribution is 2.30. The van der Waals surface area contributed by atoms with E-state index in [0.29, 0.717) is 26.2 Å². The lowest BCUT2D eigenvalue weighted by Gasteiger charge is -2.36. The highest BCUT2D eigenvalue weighted by atomic mass is 19.4. The number of halogens is 3. The fraction of sp³-hybridized carbons (Fsp3) is 0.312. The number of anilines is 2. The molecule has 124 valence electrons. The van der Waals surface area contributed by atoms with Crippen molar-refractivity contribution in [2.45, 2.75) is 6.18 Å². The van der Waals surface area contributed by atoms with Gasteiger partial charge in [-0.15, -0.1) is 0 Å². The van der Waals surface area contributed by atoms with E-state index in [1.807, 2.05) is 24.3 Å². The van der Waals surface area contributed by atoms with E-state index in [4.69, 9.17) is 5.26 Å². The topological polar surface area (TPSA) is 56.1 Å².